The van der Waals surface area contributed by atoms with Gasteiger partial charge in [-0.2, -0.15) is 0 Å². The van der Waals surface area contributed by atoms with E-state index in [9.17, 15) is 10.1 Å². The second-order valence-electron chi connectivity index (χ2n) is 4.94. The molecule has 0 fully saturated rings. The molecule has 1 N–H and O–H groups in total. The summed E-state index contributed by atoms with van der Waals surface area (Å²) >= 11 is 0. The SMILES string of the molecule is CNCc1ccc(Oc2cc([N+](=O)[O-])c(C)cc2C)cc1. The zero-order valence-corrected chi connectivity index (χ0v) is 12.3. The minimum Gasteiger partial charge on any atom is -0.457 e. The summed E-state index contributed by atoms with van der Waals surface area (Å²) in [6.07, 6.45) is 0. The third kappa shape index (κ3) is 3.58. The number of rotatable bonds is 5. The highest BCUT2D eigenvalue weighted by Gasteiger charge is 2.14. The number of nitrogens with one attached hydrogen (secondary N) is 1. The van der Waals surface area contributed by atoms with Crippen molar-refractivity contribution in [3.8, 4) is 11.5 Å². The molecule has 0 amide bonds. The van der Waals surface area contributed by atoms with E-state index in [2.05, 4.69) is 5.32 Å². The number of nitro groups is 1. The predicted octanol–water partition coefficient (Wildman–Crippen LogP) is 3.72. The monoisotopic (exact) mass is 286 g/mol. The van der Waals surface area contributed by atoms with E-state index in [0.717, 1.165) is 17.7 Å². The lowest BCUT2D eigenvalue weighted by Gasteiger charge is -2.10. The van der Waals surface area contributed by atoms with Gasteiger partial charge in [-0.15, -0.1) is 0 Å². The average molecular weight is 286 g/mol. The minimum absolute atomic E-state index is 0.0717. The van der Waals surface area contributed by atoms with Crippen molar-refractivity contribution in [2.24, 2.45) is 0 Å². The Morgan fingerprint density at radius 2 is 1.81 bits per heavy atom. The average Bonchev–Trinajstić information content (AvgIpc) is 2.43. The van der Waals surface area contributed by atoms with E-state index in [4.69, 9.17) is 4.74 Å². The van der Waals surface area contributed by atoms with Crippen LogP contribution in [-0.2, 0) is 6.54 Å². The zero-order chi connectivity index (χ0) is 15.4. The molecule has 0 aromatic heterocycles. The first kappa shape index (κ1) is 15.0. The van der Waals surface area contributed by atoms with Crippen molar-refractivity contribution < 1.29 is 9.66 Å². The van der Waals surface area contributed by atoms with Gasteiger partial charge in [0, 0.05) is 12.1 Å². The topological polar surface area (TPSA) is 64.4 Å². The molecule has 0 saturated heterocycles. The van der Waals surface area contributed by atoms with Gasteiger partial charge in [-0.25, -0.2) is 0 Å². The lowest BCUT2D eigenvalue weighted by atomic mass is 10.1. The Labute approximate surface area is 123 Å². The molecule has 0 atom stereocenters. The fraction of sp³-hybridized carbons (Fsp3) is 0.250. The molecule has 5 nitrogen and oxygen atoms in total. The molecule has 0 spiro atoms. The fourth-order valence-electron chi connectivity index (χ4n) is 2.13. The highest BCUT2D eigenvalue weighted by Crippen LogP contribution is 2.31. The molecule has 0 heterocycles. The molecule has 2 rings (SSSR count). The third-order valence-corrected chi connectivity index (χ3v) is 3.22. The molecule has 0 aliphatic heterocycles. The van der Waals surface area contributed by atoms with Gasteiger partial charge in [0.25, 0.3) is 5.69 Å². The maximum absolute atomic E-state index is 11.0. The van der Waals surface area contributed by atoms with E-state index in [-0.39, 0.29) is 5.69 Å². The van der Waals surface area contributed by atoms with E-state index in [1.165, 1.54) is 6.07 Å². The molecule has 2 aromatic carbocycles. The second kappa shape index (κ2) is 6.37. The summed E-state index contributed by atoms with van der Waals surface area (Å²) in [5, 5.41) is 14.1. The van der Waals surface area contributed by atoms with E-state index in [1.54, 1.807) is 13.0 Å². The summed E-state index contributed by atoms with van der Waals surface area (Å²) < 4.78 is 5.76. The van der Waals surface area contributed by atoms with Crippen molar-refractivity contribution in [2.75, 3.05) is 7.05 Å². The van der Waals surface area contributed by atoms with Crippen LogP contribution in [0.1, 0.15) is 16.7 Å². The molecule has 2 aromatic rings. The number of ether oxygens (including phenoxy) is 1. The van der Waals surface area contributed by atoms with Crippen LogP contribution in [0.2, 0.25) is 0 Å². The first-order valence-corrected chi connectivity index (χ1v) is 6.68. The van der Waals surface area contributed by atoms with Gasteiger partial charge in [0.1, 0.15) is 11.5 Å². The van der Waals surface area contributed by atoms with Crippen LogP contribution in [0.15, 0.2) is 36.4 Å². The van der Waals surface area contributed by atoms with Crippen LogP contribution in [0.3, 0.4) is 0 Å². The van der Waals surface area contributed by atoms with E-state index in [0.29, 0.717) is 17.1 Å². The van der Waals surface area contributed by atoms with Gasteiger partial charge in [-0.1, -0.05) is 12.1 Å². The highest BCUT2D eigenvalue weighted by molar-refractivity contribution is 5.51. The maximum atomic E-state index is 11.0. The number of nitro benzene ring substituents is 1. The molecule has 0 bridgehead atoms. The van der Waals surface area contributed by atoms with Crippen molar-refractivity contribution in [3.05, 3.63) is 63.2 Å². The van der Waals surface area contributed by atoms with Crippen molar-refractivity contribution in [1.82, 2.24) is 5.32 Å². The second-order valence-corrected chi connectivity index (χ2v) is 4.94. The van der Waals surface area contributed by atoms with Gasteiger partial charge in [0.05, 0.1) is 11.0 Å². The van der Waals surface area contributed by atoms with Crippen LogP contribution in [-0.4, -0.2) is 12.0 Å². The summed E-state index contributed by atoms with van der Waals surface area (Å²) in [6.45, 7) is 4.39. The first-order chi connectivity index (χ1) is 10.0. The van der Waals surface area contributed by atoms with Crippen LogP contribution in [0.4, 0.5) is 5.69 Å². The number of aryl methyl sites for hydroxylation is 2. The fourth-order valence-corrected chi connectivity index (χ4v) is 2.13. The van der Waals surface area contributed by atoms with Crippen molar-refractivity contribution in [1.29, 1.82) is 0 Å². The van der Waals surface area contributed by atoms with Crippen LogP contribution < -0.4 is 10.1 Å². The van der Waals surface area contributed by atoms with Crippen LogP contribution >= 0.6 is 0 Å². The predicted molar refractivity (Wildman–Crippen MR) is 81.9 cm³/mol. The number of hydrogen-bond acceptors (Lipinski definition) is 4. The Hall–Kier alpha value is -2.40. The van der Waals surface area contributed by atoms with E-state index >= 15 is 0 Å². The molecular weight excluding hydrogens is 268 g/mol. The number of hydrogen-bond donors (Lipinski definition) is 1. The summed E-state index contributed by atoms with van der Waals surface area (Å²) in [4.78, 5) is 10.6. The Morgan fingerprint density at radius 3 is 2.38 bits per heavy atom. The molecule has 0 aliphatic rings. The van der Waals surface area contributed by atoms with E-state index < -0.39 is 4.92 Å². The lowest BCUT2D eigenvalue weighted by molar-refractivity contribution is -0.385. The van der Waals surface area contributed by atoms with Crippen molar-refractivity contribution >= 4 is 5.69 Å². The van der Waals surface area contributed by atoms with Gasteiger partial charge in [-0.3, -0.25) is 10.1 Å². The summed E-state index contributed by atoms with van der Waals surface area (Å²) in [6, 6.07) is 10.9. The third-order valence-electron chi connectivity index (χ3n) is 3.22. The van der Waals surface area contributed by atoms with Gasteiger partial charge in [0.2, 0.25) is 0 Å². The number of benzene rings is 2. The molecule has 0 unspecified atom stereocenters. The zero-order valence-electron chi connectivity index (χ0n) is 12.3. The molecule has 21 heavy (non-hydrogen) atoms. The van der Waals surface area contributed by atoms with E-state index in [1.807, 2.05) is 38.2 Å². The Kier molecular flexibility index (Phi) is 4.55. The van der Waals surface area contributed by atoms with Crippen LogP contribution in [0.5, 0.6) is 11.5 Å². The van der Waals surface area contributed by atoms with Crippen molar-refractivity contribution in [3.63, 3.8) is 0 Å². The lowest BCUT2D eigenvalue weighted by Crippen LogP contribution is -2.04. The van der Waals surface area contributed by atoms with Gasteiger partial charge in [-0.05, 0) is 50.2 Å². The van der Waals surface area contributed by atoms with Gasteiger partial charge >= 0.3 is 0 Å². The molecule has 0 saturated carbocycles. The summed E-state index contributed by atoms with van der Waals surface area (Å²) in [7, 11) is 1.89. The molecule has 0 aliphatic carbocycles. The largest absolute Gasteiger partial charge is 0.457 e. The Morgan fingerprint density at radius 1 is 1.14 bits per heavy atom. The van der Waals surface area contributed by atoms with Crippen LogP contribution in [0.25, 0.3) is 0 Å². The summed E-state index contributed by atoms with van der Waals surface area (Å²) in [5.74, 6) is 1.17. The summed E-state index contributed by atoms with van der Waals surface area (Å²) in [5.41, 5.74) is 2.73. The number of nitrogens with zero attached hydrogens (tertiary/aromatic N) is 1. The Balaban J connectivity index is 2.26. The highest BCUT2D eigenvalue weighted by atomic mass is 16.6. The smallest absolute Gasteiger partial charge is 0.276 e. The van der Waals surface area contributed by atoms with Gasteiger partial charge in [0.15, 0.2) is 0 Å². The first-order valence-electron chi connectivity index (χ1n) is 6.68. The molecule has 5 heteroatoms. The molecule has 110 valence electrons. The van der Waals surface area contributed by atoms with Crippen molar-refractivity contribution in [2.45, 2.75) is 20.4 Å². The Bertz CT molecular complexity index is 651. The quantitative estimate of drug-likeness (QED) is 0.672. The maximum Gasteiger partial charge on any atom is 0.276 e. The standard InChI is InChI=1S/C16H18N2O3/c1-11-8-12(2)16(9-15(11)18(19)20)21-14-6-4-13(5-7-14)10-17-3/h4-9,17H,10H2,1-3H3. The molecular formula is C16H18N2O3. The van der Waals surface area contributed by atoms with Gasteiger partial charge < -0.3 is 10.1 Å². The molecule has 0 radical (unpaired) electrons. The normalized spacial score (nSPS) is 10.4. The minimum atomic E-state index is -0.391. The van der Waals surface area contributed by atoms with Crippen LogP contribution in [0, 0.1) is 24.0 Å².